The number of nitrogens with one attached hydrogen (secondary N) is 1. The number of hydrogen-bond donors (Lipinski definition) is 2. The fourth-order valence-corrected chi connectivity index (χ4v) is 1.71. The number of rotatable bonds is 5. The molecule has 0 spiro atoms. The van der Waals surface area contributed by atoms with Gasteiger partial charge in [0.15, 0.2) is 0 Å². The summed E-state index contributed by atoms with van der Waals surface area (Å²) >= 11 is 0. The number of carboxylic acid groups (broad SMARTS) is 1. The highest BCUT2D eigenvalue weighted by Crippen LogP contribution is 2.18. The summed E-state index contributed by atoms with van der Waals surface area (Å²) in [7, 11) is 0. The Hall–Kier alpha value is -2.20. The summed E-state index contributed by atoms with van der Waals surface area (Å²) in [6.45, 7) is 0.511. The van der Waals surface area contributed by atoms with E-state index in [1.54, 1.807) is 6.20 Å². The Bertz CT molecular complexity index is 526. The van der Waals surface area contributed by atoms with E-state index in [9.17, 15) is 4.79 Å². The van der Waals surface area contributed by atoms with Gasteiger partial charge in [-0.2, -0.15) is 0 Å². The quantitative estimate of drug-likeness (QED) is 0.841. The van der Waals surface area contributed by atoms with Crippen LogP contribution in [0.5, 0.6) is 0 Å². The van der Waals surface area contributed by atoms with Crippen molar-refractivity contribution >= 4 is 5.97 Å². The Balaban J connectivity index is 2.08. The van der Waals surface area contributed by atoms with Gasteiger partial charge in [0.2, 0.25) is 0 Å². The fraction of sp³-hybridized carbons (Fsp3) is 0.143. The highest BCUT2D eigenvalue weighted by molar-refractivity contribution is 5.69. The molecule has 0 saturated heterocycles. The molecule has 0 amide bonds. The minimum Gasteiger partial charge on any atom is -0.480 e. The number of pyridine rings is 1. The molecule has 1 aromatic carbocycles. The average molecular weight is 242 g/mol. The highest BCUT2D eigenvalue weighted by Gasteiger charge is 2.00. The first-order valence-electron chi connectivity index (χ1n) is 5.67. The molecule has 92 valence electrons. The van der Waals surface area contributed by atoms with Crippen LogP contribution in [0, 0.1) is 0 Å². The summed E-state index contributed by atoms with van der Waals surface area (Å²) in [6.07, 6.45) is 3.55. The molecule has 0 fully saturated rings. The molecule has 2 rings (SSSR count). The minimum atomic E-state index is -0.849. The van der Waals surface area contributed by atoms with Crippen molar-refractivity contribution in [3.8, 4) is 11.1 Å². The Labute approximate surface area is 105 Å². The molecule has 0 saturated carbocycles. The van der Waals surface area contributed by atoms with E-state index >= 15 is 0 Å². The van der Waals surface area contributed by atoms with Gasteiger partial charge in [0.25, 0.3) is 0 Å². The zero-order chi connectivity index (χ0) is 12.8. The van der Waals surface area contributed by atoms with Crippen molar-refractivity contribution in [3.05, 3.63) is 54.4 Å². The van der Waals surface area contributed by atoms with Gasteiger partial charge >= 0.3 is 5.97 Å². The van der Waals surface area contributed by atoms with E-state index in [1.165, 1.54) is 0 Å². The number of aromatic nitrogens is 1. The van der Waals surface area contributed by atoms with Gasteiger partial charge < -0.3 is 10.4 Å². The summed E-state index contributed by atoms with van der Waals surface area (Å²) in [5.74, 6) is -0.849. The molecule has 2 N–H and O–H groups in total. The first-order valence-corrected chi connectivity index (χ1v) is 5.67. The normalized spacial score (nSPS) is 10.2. The Kier molecular flexibility index (Phi) is 4.04. The third-order valence-corrected chi connectivity index (χ3v) is 2.53. The third-order valence-electron chi connectivity index (χ3n) is 2.53. The van der Waals surface area contributed by atoms with Gasteiger partial charge in [-0.1, -0.05) is 24.3 Å². The predicted octanol–water partition coefficient (Wildman–Crippen LogP) is 1.92. The van der Waals surface area contributed by atoms with Gasteiger partial charge in [-0.15, -0.1) is 0 Å². The number of aliphatic carboxylic acids is 1. The molecule has 18 heavy (non-hydrogen) atoms. The Morgan fingerprint density at radius 3 is 2.78 bits per heavy atom. The molecular formula is C14H14N2O2. The van der Waals surface area contributed by atoms with Crippen LogP contribution in [-0.2, 0) is 11.3 Å². The van der Waals surface area contributed by atoms with E-state index in [0.29, 0.717) is 6.54 Å². The summed E-state index contributed by atoms with van der Waals surface area (Å²) in [4.78, 5) is 14.5. The van der Waals surface area contributed by atoms with Gasteiger partial charge in [-0.3, -0.25) is 9.78 Å². The Morgan fingerprint density at radius 1 is 1.22 bits per heavy atom. The van der Waals surface area contributed by atoms with Crippen LogP contribution in [0.1, 0.15) is 5.56 Å². The van der Waals surface area contributed by atoms with Crippen LogP contribution < -0.4 is 5.32 Å². The standard InChI is InChI=1S/C14H14N2O2/c17-14(18)10-16-8-11-3-1-4-12(7-11)13-5-2-6-15-9-13/h1-7,9,16H,8,10H2,(H,17,18). The lowest BCUT2D eigenvalue weighted by Crippen LogP contribution is -2.21. The molecule has 0 radical (unpaired) electrons. The first-order chi connectivity index (χ1) is 8.75. The topological polar surface area (TPSA) is 62.2 Å². The predicted molar refractivity (Wildman–Crippen MR) is 69.0 cm³/mol. The zero-order valence-electron chi connectivity index (χ0n) is 9.84. The van der Waals surface area contributed by atoms with Crippen LogP contribution >= 0.6 is 0 Å². The maximum Gasteiger partial charge on any atom is 0.317 e. The molecule has 4 heteroatoms. The Morgan fingerprint density at radius 2 is 2.06 bits per heavy atom. The summed E-state index contributed by atoms with van der Waals surface area (Å²) in [5.41, 5.74) is 3.19. The van der Waals surface area contributed by atoms with E-state index in [0.717, 1.165) is 16.7 Å². The lowest BCUT2D eigenvalue weighted by atomic mass is 10.0. The maximum atomic E-state index is 10.4. The number of carboxylic acids is 1. The summed E-state index contributed by atoms with van der Waals surface area (Å²) in [6, 6.07) is 11.9. The van der Waals surface area contributed by atoms with Gasteiger partial charge in [0, 0.05) is 18.9 Å². The summed E-state index contributed by atoms with van der Waals surface area (Å²) < 4.78 is 0. The molecule has 2 aromatic rings. The van der Waals surface area contributed by atoms with Crippen LogP contribution in [0.4, 0.5) is 0 Å². The van der Waals surface area contributed by atoms with E-state index in [4.69, 9.17) is 5.11 Å². The first kappa shape index (κ1) is 12.3. The van der Waals surface area contributed by atoms with Crippen LogP contribution in [0.2, 0.25) is 0 Å². The minimum absolute atomic E-state index is 0.0306. The van der Waals surface area contributed by atoms with E-state index < -0.39 is 5.97 Å². The van der Waals surface area contributed by atoms with Crippen LogP contribution in [0.3, 0.4) is 0 Å². The van der Waals surface area contributed by atoms with Crippen LogP contribution in [0.15, 0.2) is 48.8 Å². The second kappa shape index (κ2) is 5.93. The lowest BCUT2D eigenvalue weighted by Gasteiger charge is -2.05. The molecule has 0 unspecified atom stereocenters. The van der Waals surface area contributed by atoms with Crippen LogP contribution in [0.25, 0.3) is 11.1 Å². The third kappa shape index (κ3) is 3.40. The molecule has 0 atom stereocenters. The average Bonchev–Trinajstić information content (AvgIpc) is 2.40. The lowest BCUT2D eigenvalue weighted by molar-refractivity contribution is -0.135. The molecular weight excluding hydrogens is 228 g/mol. The molecule has 1 aromatic heterocycles. The molecule has 0 bridgehead atoms. The zero-order valence-corrected chi connectivity index (χ0v) is 9.84. The van der Waals surface area contributed by atoms with Crippen molar-refractivity contribution < 1.29 is 9.90 Å². The molecule has 0 aliphatic heterocycles. The van der Waals surface area contributed by atoms with Gasteiger partial charge in [0.05, 0.1) is 6.54 Å². The van der Waals surface area contributed by atoms with Crippen molar-refractivity contribution in [1.82, 2.24) is 10.3 Å². The van der Waals surface area contributed by atoms with Crippen molar-refractivity contribution in [2.45, 2.75) is 6.54 Å². The van der Waals surface area contributed by atoms with Gasteiger partial charge in [0.1, 0.15) is 0 Å². The van der Waals surface area contributed by atoms with Crippen LogP contribution in [-0.4, -0.2) is 22.6 Å². The van der Waals surface area contributed by atoms with Crippen molar-refractivity contribution in [2.24, 2.45) is 0 Å². The smallest absolute Gasteiger partial charge is 0.317 e. The maximum absolute atomic E-state index is 10.4. The highest BCUT2D eigenvalue weighted by atomic mass is 16.4. The molecule has 4 nitrogen and oxygen atoms in total. The van der Waals surface area contributed by atoms with E-state index in [2.05, 4.69) is 10.3 Å². The van der Waals surface area contributed by atoms with Gasteiger partial charge in [-0.05, 0) is 28.8 Å². The molecule has 0 aliphatic rings. The van der Waals surface area contributed by atoms with E-state index in [1.807, 2.05) is 42.6 Å². The number of hydrogen-bond acceptors (Lipinski definition) is 3. The number of carbonyl (C=O) groups is 1. The van der Waals surface area contributed by atoms with E-state index in [-0.39, 0.29) is 6.54 Å². The second-order valence-corrected chi connectivity index (χ2v) is 3.94. The molecule has 1 heterocycles. The van der Waals surface area contributed by atoms with Crippen molar-refractivity contribution in [2.75, 3.05) is 6.54 Å². The van der Waals surface area contributed by atoms with Gasteiger partial charge in [-0.25, -0.2) is 0 Å². The second-order valence-electron chi connectivity index (χ2n) is 3.94. The largest absolute Gasteiger partial charge is 0.480 e. The number of benzene rings is 1. The van der Waals surface area contributed by atoms with Crippen molar-refractivity contribution in [3.63, 3.8) is 0 Å². The monoisotopic (exact) mass is 242 g/mol. The fourth-order valence-electron chi connectivity index (χ4n) is 1.71. The SMILES string of the molecule is O=C(O)CNCc1cccc(-c2cccnc2)c1. The number of nitrogens with zero attached hydrogens (tertiary/aromatic N) is 1. The summed E-state index contributed by atoms with van der Waals surface area (Å²) in [5, 5.41) is 11.4. The molecule has 0 aliphatic carbocycles. The van der Waals surface area contributed by atoms with Crippen molar-refractivity contribution in [1.29, 1.82) is 0 Å².